The highest BCUT2D eigenvalue weighted by Gasteiger charge is 2.13. The number of aryl methyl sites for hydroxylation is 1. The molecule has 3 rings (SSSR count). The number of carbonyl (C=O) groups is 1. The van der Waals surface area contributed by atoms with Gasteiger partial charge in [-0.05, 0) is 42.5 Å². The minimum Gasteiger partial charge on any atom is -0.491 e. The average molecular weight is 403 g/mol. The van der Waals surface area contributed by atoms with Crippen LogP contribution in [-0.4, -0.2) is 19.1 Å². The van der Waals surface area contributed by atoms with Gasteiger partial charge < -0.3 is 15.4 Å². The second-order valence-corrected chi connectivity index (χ2v) is 7.23. The third kappa shape index (κ3) is 6.66. The van der Waals surface area contributed by atoms with Crippen LogP contribution in [0.4, 0.5) is 5.69 Å². The Hall–Kier alpha value is -3.27. The molecule has 0 heterocycles. The van der Waals surface area contributed by atoms with Crippen molar-refractivity contribution in [1.82, 2.24) is 5.32 Å². The zero-order valence-electron chi connectivity index (χ0n) is 17.5. The van der Waals surface area contributed by atoms with Crippen LogP contribution in [0, 0.1) is 0 Å². The van der Waals surface area contributed by atoms with Gasteiger partial charge in [-0.2, -0.15) is 0 Å². The van der Waals surface area contributed by atoms with Crippen LogP contribution in [0.25, 0.3) is 0 Å². The molecule has 0 aliphatic carbocycles. The van der Waals surface area contributed by atoms with Gasteiger partial charge in [0.05, 0.1) is 24.9 Å². The van der Waals surface area contributed by atoms with E-state index in [9.17, 15) is 4.79 Å². The number of para-hydroxylation sites is 2. The Labute approximate surface area is 179 Å². The molecule has 4 nitrogen and oxygen atoms in total. The number of benzene rings is 3. The summed E-state index contributed by atoms with van der Waals surface area (Å²) < 4.78 is 5.97. The summed E-state index contributed by atoms with van der Waals surface area (Å²) in [6, 6.07) is 28.2. The van der Waals surface area contributed by atoms with Gasteiger partial charge in [-0.3, -0.25) is 4.79 Å². The first kappa shape index (κ1) is 21.4. The molecule has 0 aliphatic rings. The number of rotatable bonds is 11. The molecule has 0 aromatic heterocycles. The SMILES string of the molecule is CCC(NC(=O)CNc1ccccc1OCCCc1ccccc1)c1ccccc1. The lowest BCUT2D eigenvalue weighted by atomic mass is 10.0. The van der Waals surface area contributed by atoms with Gasteiger partial charge >= 0.3 is 0 Å². The van der Waals surface area contributed by atoms with Crippen LogP contribution >= 0.6 is 0 Å². The quantitative estimate of drug-likeness (QED) is 0.424. The monoisotopic (exact) mass is 402 g/mol. The lowest BCUT2D eigenvalue weighted by molar-refractivity contribution is -0.120. The molecule has 156 valence electrons. The van der Waals surface area contributed by atoms with Gasteiger partial charge in [-0.15, -0.1) is 0 Å². The van der Waals surface area contributed by atoms with E-state index >= 15 is 0 Å². The van der Waals surface area contributed by atoms with Crippen molar-refractivity contribution < 1.29 is 9.53 Å². The molecule has 3 aromatic carbocycles. The molecule has 0 saturated carbocycles. The second-order valence-electron chi connectivity index (χ2n) is 7.23. The van der Waals surface area contributed by atoms with E-state index in [1.165, 1.54) is 5.56 Å². The van der Waals surface area contributed by atoms with Crippen LogP contribution in [0.5, 0.6) is 5.75 Å². The third-order valence-electron chi connectivity index (χ3n) is 4.98. The van der Waals surface area contributed by atoms with Crippen molar-refractivity contribution in [1.29, 1.82) is 0 Å². The van der Waals surface area contributed by atoms with E-state index in [4.69, 9.17) is 4.74 Å². The van der Waals surface area contributed by atoms with Gasteiger partial charge in [-0.1, -0.05) is 79.7 Å². The predicted molar refractivity (Wildman–Crippen MR) is 123 cm³/mol. The van der Waals surface area contributed by atoms with Crippen molar-refractivity contribution in [2.75, 3.05) is 18.5 Å². The molecule has 1 amide bonds. The Morgan fingerprint density at radius 3 is 2.30 bits per heavy atom. The number of hydrogen-bond acceptors (Lipinski definition) is 3. The number of nitrogens with one attached hydrogen (secondary N) is 2. The summed E-state index contributed by atoms with van der Waals surface area (Å²) in [7, 11) is 0. The van der Waals surface area contributed by atoms with E-state index in [0.29, 0.717) is 6.61 Å². The Morgan fingerprint density at radius 1 is 0.900 bits per heavy atom. The van der Waals surface area contributed by atoms with Gasteiger partial charge in [0.1, 0.15) is 5.75 Å². The summed E-state index contributed by atoms with van der Waals surface area (Å²) in [5.74, 6) is 0.734. The molecular weight excluding hydrogens is 372 g/mol. The zero-order chi connectivity index (χ0) is 21.0. The van der Waals surface area contributed by atoms with Crippen molar-refractivity contribution >= 4 is 11.6 Å². The first-order chi connectivity index (χ1) is 14.8. The Bertz CT molecular complexity index is 897. The summed E-state index contributed by atoms with van der Waals surface area (Å²) in [5.41, 5.74) is 3.27. The van der Waals surface area contributed by atoms with E-state index in [-0.39, 0.29) is 18.5 Å². The fraction of sp³-hybridized carbons (Fsp3) is 0.269. The van der Waals surface area contributed by atoms with Crippen molar-refractivity contribution in [2.24, 2.45) is 0 Å². The number of anilines is 1. The minimum absolute atomic E-state index is 0.0185. The van der Waals surface area contributed by atoms with Gasteiger partial charge in [0.2, 0.25) is 5.91 Å². The van der Waals surface area contributed by atoms with Gasteiger partial charge in [0.15, 0.2) is 0 Å². The highest BCUT2D eigenvalue weighted by atomic mass is 16.5. The summed E-state index contributed by atoms with van der Waals surface area (Å²) in [6.45, 7) is 2.91. The number of hydrogen-bond donors (Lipinski definition) is 2. The van der Waals surface area contributed by atoms with E-state index in [1.54, 1.807) is 0 Å². The lowest BCUT2D eigenvalue weighted by Crippen LogP contribution is -2.33. The summed E-state index contributed by atoms with van der Waals surface area (Å²) in [5, 5.41) is 6.32. The maximum Gasteiger partial charge on any atom is 0.239 e. The molecule has 30 heavy (non-hydrogen) atoms. The van der Waals surface area contributed by atoms with Gasteiger partial charge in [0, 0.05) is 0 Å². The second kappa shape index (κ2) is 11.7. The molecular formula is C26H30N2O2. The smallest absolute Gasteiger partial charge is 0.239 e. The summed E-state index contributed by atoms with van der Waals surface area (Å²) in [4.78, 5) is 12.5. The lowest BCUT2D eigenvalue weighted by Gasteiger charge is -2.18. The van der Waals surface area contributed by atoms with Crippen molar-refractivity contribution in [3.8, 4) is 5.75 Å². The molecule has 1 atom stereocenters. The van der Waals surface area contributed by atoms with Crippen LogP contribution in [0.15, 0.2) is 84.9 Å². The van der Waals surface area contributed by atoms with E-state index < -0.39 is 0 Å². The van der Waals surface area contributed by atoms with Crippen molar-refractivity contribution in [3.63, 3.8) is 0 Å². The molecule has 0 aliphatic heterocycles. The van der Waals surface area contributed by atoms with Crippen LogP contribution in [0.3, 0.4) is 0 Å². The van der Waals surface area contributed by atoms with Crippen LogP contribution in [0.1, 0.15) is 36.9 Å². The topological polar surface area (TPSA) is 50.4 Å². The third-order valence-corrected chi connectivity index (χ3v) is 4.98. The predicted octanol–water partition coefficient (Wildman–Crippen LogP) is 5.38. The summed E-state index contributed by atoms with van der Waals surface area (Å²) >= 11 is 0. The first-order valence-corrected chi connectivity index (χ1v) is 10.6. The van der Waals surface area contributed by atoms with Gasteiger partial charge in [-0.25, -0.2) is 0 Å². The first-order valence-electron chi connectivity index (χ1n) is 10.6. The fourth-order valence-electron chi connectivity index (χ4n) is 3.37. The molecule has 4 heteroatoms. The molecule has 2 N–H and O–H groups in total. The molecule has 0 saturated heterocycles. The minimum atomic E-state index is -0.0374. The molecule has 1 unspecified atom stereocenters. The molecule has 3 aromatic rings. The standard InChI is InChI=1S/C26H30N2O2/c1-2-23(22-15-7-4-8-16-22)28-26(29)20-27-24-17-9-10-18-25(24)30-19-11-14-21-12-5-3-6-13-21/h3-10,12-13,15-18,23,27H,2,11,14,19-20H2,1H3,(H,28,29). The average Bonchev–Trinajstić information content (AvgIpc) is 2.81. The molecule has 0 fully saturated rings. The van der Waals surface area contributed by atoms with Gasteiger partial charge in [0.25, 0.3) is 0 Å². The Kier molecular flexibility index (Phi) is 8.34. The number of ether oxygens (including phenoxy) is 1. The molecule has 0 bridgehead atoms. The number of carbonyl (C=O) groups excluding carboxylic acids is 1. The summed E-state index contributed by atoms with van der Waals surface area (Å²) in [6.07, 6.45) is 2.77. The van der Waals surface area contributed by atoms with Crippen LogP contribution in [-0.2, 0) is 11.2 Å². The maximum absolute atomic E-state index is 12.5. The zero-order valence-corrected chi connectivity index (χ0v) is 17.5. The fourth-order valence-corrected chi connectivity index (χ4v) is 3.37. The number of amides is 1. The normalized spacial score (nSPS) is 11.5. The maximum atomic E-state index is 12.5. The van der Waals surface area contributed by atoms with E-state index in [0.717, 1.165) is 36.3 Å². The Balaban J connectivity index is 1.47. The highest BCUT2D eigenvalue weighted by molar-refractivity contribution is 5.81. The molecule has 0 radical (unpaired) electrons. The van der Waals surface area contributed by atoms with E-state index in [2.05, 4.69) is 41.8 Å². The van der Waals surface area contributed by atoms with E-state index in [1.807, 2.05) is 60.7 Å². The molecule has 0 spiro atoms. The highest BCUT2D eigenvalue weighted by Crippen LogP contribution is 2.24. The Morgan fingerprint density at radius 2 is 1.57 bits per heavy atom. The van der Waals surface area contributed by atoms with Crippen LogP contribution in [0.2, 0.25) is 0 Å². The van der Waals surface area contributed by atoms with Crippen molar-refractivity contribution in [2.45, 2.75) is 32.2 Å². The largest absolute Gasteiger partial charge is 0.491 e. The van der Waals surface area contributed by atoms with Crippen molar-refractivity contribution in [3.05, 3.63) is 96.1 Å². The van der Waals surface area contributed by atoms with Crippen LogP contribution < -0.4 is 15.4 Å².